The maximum Gasteiger partial charge on any atom is 0.244 e. The van der Waals surface area contributed by atoms with E-state index < -0.39 is 0 Å². The first kappa shape index (κ1) is 13.6. The predicted octanol–water partition coefficient (Wildman–Crippen LogP) is 1.94. The molecule has 0 radical (unpaired) electrons. The highest BCUT2D eigenvalue weighted by molar-refractivity contribution is 5.84. The first-order valence-corrected chi connectivity index (χ1v) is 6.97. The molecule has 2 heterocycles. The van der Waals surface area contributed by atoms with Crippen LogP contribution in [0.4, 0.5) is 11.6 Å². The van der Waals surface area contributed by atoms with Crippen molar-refractivity contribution in [1.82, 2.24) is 9.88 Å². The molecule has 1 aromatic heterocycles. The van der Waals surface area contributed by atoms with Crippen LogP contribution >= 0.6 is 0 Å². The van der Waals surface area contributed by atoms with E-state index >= 15 is 0 Å². The molecule has 5 nitrogen and oxygen atoms in total. The second-order valence-electron chi connectivity index (χ2n) is 4.84. The molecule has 1 amide bonds. The number of aromatic nitrogens is 1. The van der Waals surface area contributed by atoms with Crippen molar-refractivity contribution in [3.8, 4) is 0 Å². The van der Waals surface area contributed by atoms with E-state index in [0.29, 0.717) is 0 Å². The lowest BCUT2D eigenvalue weighted by atomic mass is 10.3. The van der Waals surface area contributed by atoms with Crippen molar-refractivity contribution in [3.63, 3.8) is 0 Å². The number of pyridine rings is 1. The quantitative estimate of drug-likeness (QED) is 0.851. The third kappa shape index (κ3) is 3.59. The normalized spacial score (nSPS) is 16.2. The largest absolute Gasteiger partial charge is 0.370 e. The SMILES string of the molecule is CCNc1cccc(NC(C)C(=O)N2CCCC2)n1. The van der Waals surface area contributed by atoms with E-state index in [2.05, 4.69) is 15.6 Å². The molecular weight excluding hydrogens is 240 g/mol. The number of carbonyl (C=O) groups excluding carboxylic acids is 1. The van der Waals surface area contributed by atoms with Gasteiger partial charge in [0, 0.05) is 19.6 Å². The molecule has 0 aromatic carbocycles. The first-order valence-electron chi connectivity index (χ1n) is 6.97. The Labute approximate surface area is 114 Å². The number of amides is 1. The van der Waals surface area contributed by atoms with Crippen molar-refractivity contribution in [3.05, 3.63) is 18.2 Å². The van der Waals surface area contributed by atoms with Gasteiger partial charge in [-0.2, -0.15) is 0 Å². The van der Waals surface area contributed by atoms with Gasteiger partial charge < -0.3 is 15.5 Å². The fourth-order valence-corrected chi connectivity index (χ4v) is 2.29. The summed E-state index contributed by atoms with van der Waals surface area (Å²) in [7, 11) is 0. The Bertz CT molecular complexity index is 429. The molecule has 19 heavy (non-hydrogen) atoms. The van der Waals surface area contributed by atoms with E-state index in [9.17, 15) is 4.79 Å². The Kier molecular flexibility index (Phi) is 4.60. The maximum atomic E-state index is 12.2. The van der Waals surface area contributed by atoms with Gasteiger partial charge in [0.1, 0.15) is 17.7 Å². The van der Waals surface area contributed by atoms with Crippen molar-refractivity contribution in [1.29, 1.82) is 0 Å². The molecular formula is C14H22N4O. The summed E-state index contributed by atoms with van der Waals surface area (Å²) in [5, 5.41) is 6.33. The average Bonchev–Trinajstić information content (AvgIpc) is 2.92. The van der Waals surface area contributed by atoms with Crippen LogP contribution in [0.1, 0.15) is 26.7 Å². The summed E-state index contributed by atoms with van der Waals surface area (Å²) in [6.45, 7) is 6.52. The van der Waals surface area contributed by atoms with Gasteiger partial charge >= 0.3 is 0 Å². The molecule has 1 unspecified atom stereocenters. The van der Waals surface area contributed by atoms with Gasteiger partial charge in [0.25, 0.3) is 0 Å². The Hall–Kier alpha value is -1.78. The second-order valence-corrected chi connectivity index (χ2v) is 4.84. The topological polar surface area (TPSA) is 57.3 Å². The van der Waals surface area contributed by atoms with E-state index in [-0.39, 0.29) is 11.9 Å². The zero-order chi connectivity index (χ0) is 13.7. The van der Waals surface area contributed by atoms with E-state index in [1.54, 1.807) is 0 Å². The number of likely N-dealkylation sites (tertiary alicyclic amines) is 1. The highest BCUT2D eigenvalue weighted by Gasteiger charge is 2.23. The van der Waals surface area contributed by atoms with E-state index in [1.807, 2.05) is 36.9 Å². The van der Waals surface area contributed by atoms with Crippen molar-refractivity contribution in [2.45, 2.75) is 32.7 Å². The molecule has 1 aliphatic rings. The number of anilines is 2. The van der Waals surface area contributed by atoms with Gasteiger partial charge in [0.2, 0.25) is 5.91 Å². The molecule has 2 N–H and O–H groups in total. The molecule has 0 aliphatic carbocycles. The highest BCUT2D eigenvalue weighted by atomic mass is 16.2. The summed E-state index contributed by atoms with van der Waals surface area (Å²) in [5.41, 5.74) is 0. The molecule has 1 fully saturated rings. The number of hydrogen-bond acceptors (Lipinski definition) is 4. The predicted molar refractivity (Wildman–Crippen MR) is 77.3 cm³/mol. The molecule has 1 atom stereocenters. The van der Waals surface area contributed by atoms with Gasteiger partial charge in [0.15, 0.2) is 0 Å². The zero-order valence-corrected chi connectivity index (χ0v) is 11.6. The zero-order valence-electron chi connectivity index (χ0n) is 11.6. The molecule has 0 spiro atoms. The van der Waals surface area contributed by atoms with Crippen LogP contribution in [0.5, 0.6) is 0 Å². The van der Waals surface area contributed by atoms with Gasteiger partial charge in [-0.25, -0.2) is 4.98 Å². The van der Waals surface area contributed by atoms with Gasteiger partial charge in [0.05, 0.1) is 0 Å². The number of hydrogen-bond donors (Lipinski definition) is 2. The fraction of sp³-hybridized carbons (Fsp3) is 0.571. The van der Waals surface area contributed by atoms with E-state index in [4.69, 9.17) is 0 Å². The number of carbonyl (C=O) groups is 1. The number of nitrogens with one attached hydrogen (secondary N) is 2. The second kappa shape index (κ2) is 6.41. The van der Waals surface area contributed by atoms with Crippen LogP contribution in [-0.2, 0) is 4.79 Å². The third-order valence-electron chi connectivity index (χ3n) is 3.26. The Balaban J connectivity index is 1.95. The minimum absolute atomic E-state index is 0.160. The molecule has 0 saturated carbocycles. The van der Waals surface area contributed by atoms with Gasteiger partial charge in [-0.05, 0) is 38.8 Å². The van der Waals surface area contributed by atoms with Gasteiger partial charge in [-0.15, -0.1) is 0 Å². The molecule has 1 saturated heterocycles. The number of nitrogens with zero attached hydrogens (tertiary/aromatic N) is 2. The van der Waals surface area contributed by atoms with E-state index in [0.717, 1.165) is 44.1 Å². The Morgan fingerprint density at radius 2 is 2.05 bits per heavy atom. The molecule has 2 rings (SSSR count). The monoisotopic (exact) mass is 262 g/mol. The van der Waals surface area contributed by atoms with Crippen LogP contribution in [0.3, 0.4) is 0 Å². The minimum Gasteiger partial charge on any atom is -0.370 e. The smallest absolute Gasteiger partial charge is 0.244 e. The summed E-state index contributed by atoms with van der Waals surface area (Å²) in [6, 6.07) is 5.50. The van der Waals surface area contributed by atoms with Crippen LogP contribution in [0.15, 0.2) is 18.2 Å². The summed E-state index contributed by atoms with van der Waals surface area (Å²) in [4.78, 5) is 18.5. The van der Waals surface area contributed by atoms with Crippen molar-refractivity contribution < 1.29 is 4.79 Å². The molecule has 104 valence electrons. The van der Waals surface area contributed by atoms with Gasteiger partial charge in [-0.3, -0.25) is 4.79 Å². The Morgan fingerprint density at radius 3 is 2.74 bits per heavy atom. The molecule has 1 aromatic rings. The summed E-state index contributed by atoms with van der Waals surface area (Å²) >= 11 is 0. The van der Waals surface area contributed by atoms with Crippen LogP contribution in [-0.4, -0.2) is 41.5 Å². The van der Waals surface area contributed by atoms with Crippen molar-refractivity contribution >= 4 is 17.5 Å². The van der Waals surface area contributed by atoms with Crippen molar-refractivity contribution in [2.24, 2.45) is 0 Å². The lowest BCUT2D eigenvalue weighted by Gasteiger charge is -2.21. The highest BCUT2D eigenvalue weighted by Crippen LogP contribution is 2.13. The maximum absolute atomic E-state index is 12.2. The van der Waals surface area contributed by atoms with Gasteiger partial charge in [-0.1, -0.05) is 6.07 Å². The third-order valence-corrected chi connectivity index (χ3v) is 3.26. The van der Waals surface area contributed by atoms with Crippen molar-refractivity contribution in [2.75, 3.05) is 30.3 Å². The minimum atomic E-state index is -0.234. The molecule has 0 bridgehead atoms. The summed E-state index contributed by atoms with van der Waals surface area (Å²) < 4.78 is 0. The van der Waals surface area contributed by atoms with Crippen LogP contribution < -0.4 is 10.6 Å². The average molecular weight is 262 g/mol. The lowest BCUT2D eigenvalue weighted by Crippen LogP contribution is -2.39. The van der Waals surface area contributed by atoms with E-state index in [1.165, 1.54) is 0 Å². The summed E-state index contributed by atoms with van der Waals surface area (Å²) in [5.74, 6) is 1.72. The lowest BCUT2D eigenvalue weighted by molar-refractivity contribution is -0.130. The Morgan fingerprint density at radius 1 is 1.37 bits per heavy atom. The van der Waals surface area contributed by atoms with Crippen LogP contribution in [0, 0.1) is 0 Å². The molecule has 5 heteroatoms. The first-order chi connectivity index (χ1) is 9.20. The fourth-order valence-electron chi connectivity index (χ4n) is 2.29. The summed E-state index contributed by atoms with van der Waals surface area (Å²) in [6.07, 6.45) is 2.24. The molecule has 1 aliphatic heterocycles. The number of rotatable bonds is 5. The standard InChI is InChI=1S/C14H22N4O/c1-3-15-12-7-6-8-13(17-12)16-11(2)14(19)18-9-4-5-10-18/h6-8,11H,3-5,9-10H2,1-2H3,(H2,15,16,17). The van der Waals surface area contributed by atoms with Crippen LogP contribution in [0.25, 0.3) is 0 Å². The van der Waals surface area contributed by atoms with Crippen LogP contribution in [0.2, 0.25) is 0 Å².